The Labute approximate surface area is 94.2 Å². The van der Waals surface area contributed by atoms with E-state index in [1.807, 2.05) is 0 Å². The first-order valence-electron chi connectivity index (χ1n) is 4.65. The summed E-state index contributed by atoms with van der Waals surface area (Å²) in [6.45, 7) is 2.07. The van der Waals surface area contributed by atoms with Gasteiger partial charge in [-0.3, -0.25) is 10.1 Å². The molecule has 0 amide bonds. The SMILES string of the molecule is CCCC[C@@H](N)c1ccc([N+](=O)[O-])o1.Cl. The molecule has 0 radical (unpaired) electrons. The van der Waals surface area contributed by atoms with Crippen molar-refractivity contribution in [1.29, 1.82) is 0 Å². The fourth-order valence-electron chi connectivity index (χ4n) is 1.21. The van der Waals surface area contributed by atoms with Crippen LogP contribution in [0.5, 0.6) is 0 Å². The second kappa shape index (κ2) is 6.42. The van der Waals surface area contributed by atoms with Crippen LogP contribution in [0.2, 0.25) is 0 Å². The molecule has 1 heterocycles. The van der Waals surface area contributed by atoms with E-state index in [-0.39, 0.29) is 24.3 Å². The van der Waals surface area contributed by atoms with Crippen molar-refractivity contribution in [1.82, 2.24) is 0 Å². The molecule has 0 aliphatic rings. The van der Waals surface area contributed by atoms with E-state index in [4.69, 9.17) is 10.2 Å². The third-order valence-corrected chi connectivity index (χ3v) is 2.03. The van der Waals surface area contributed by atoms with Crippen molar-refractivity contribution < 1.29 is 9.34 Å². The normalized spacial score (nSPS) is 11.9. The fraction of sp³-hybridized carbons (Fsp3) is 0.556. The van der Waals surface area contributed by atoms with E-state index < -0.39 is 4.92 Å². The van der Waals surface area contributed by atoms with Gasteiger partial charge in [-0.2, -0.15) is 0 Å². The molecule has 0 fully saturated rings. The number of nitro groups is 1. The molecule has 0 unspecified atom stereocenters. The number of halogens is 1. The number of rotatable bonds is 5. The summed E-state index contributed by atoms with van der Waals surface area (Å²) in [5, 5.41) is 10.3. The van der Waals surface area contributed by atoms with Gasteiger partial charge in [-0.15, -0.1) is 12.4 Å². The topological polar surface area (TPSA) is 82.3 Å². The van der Waals surface area contributed by atoms with Crippen LogP contribution in [-0.2, 0) is 0 Å². The molecule has 1 aromatic heterocycles. The van der Waals surface area contributed by atoms with Crippen LogP contribution in [-0.4, -0.2) is 4.92 Å². The number of furan rings is 1. The van der Waals surface area contributed by atoms with E-state index in [1.165, 1.54) is 6.07 Å². The van der Waals surface area contributed by atoms with Crippen LogP contribution in [0.1, 0.15) is 38.0 Å². The zero-order valence-corrected chi connectivity index (χ0v) is 9.33. The molecule has 0 saturated heterocycles. The quantitative estimate of drug-likeness (QED) is 0.627. The van der Waals surface area contributed by atoms with Gasteiger partial charge in [0.2, 0.25) is 0 Å². The van der Waals surface area contributed by atoms with Crippen molar-refractivity contribution in [2.45, 2.75) is 32.2 Å². The molecular formula is C9H15ClN2O3. The number of nitrogens with zero attached hydrogens (tertiary/aromatic N) is 1. The Balaban J connectivity index is 0.00000196. The molecule has 0 saturated carbocycles. The maximum absolute atomic E-state index is 10.3. The predicted molar refractivity (Wildman–Crippen MR) is 59.1 cm³/mol. The summed E-state index contributed by atoms with van der Waals surface area (Å²) in [6, 6.07) is 2.67. The van der Waals surface area contributed by atoms with Gasteiger partial charge in [-0.1, -0.05) is 19.8 Å². The minimum Gasteiger partial charge on any atom is -0.404 e. The Morgan fingerprint density at radius 3 is 2.73 bits per heavy atom. The molecule has 1 atom stereocenters. The van der Waals surface area contributed by atoms with Crippen molar-refractivity contribution in [2.75, 3.05) is 0 Å². The Hall–Kier alpha value is -1.07. The van der Waals surface area contributed by atoms with Crippen LogP contribution in [0.3, 0.4) is 0 Å². The van der Waals surface area contributed by atoms with Gasteiger partial charge < -0.3 is 10.2 Å². The lowest BCUT2D eigenvalue weighted by Crippen LogP contribution is -2.08. The lowest BCUT2D eigenvalue weighted by molar-refractivity contribution is -0.402. The summed E-state index contributed by atoms with van der Waals surface area (Å²) >= 11 is 0. The van der Waals surface area contributed by atoms with Crippen LogP contribution in [0.4, 0.5) is 5.88 Å². The highest BCUT2D eigenvalue weighted by atomic mass is 35.5. The molecule has 86 valence electrons. The van der Waals surface area contributed by atoms with Gasteiger partial charge in [-0.25, -0.2) is 0 Å². The second-order valence-electron chi connectivity index (χ2n) is 3.18. The Morgan fingerprint density at radius 2 is 2.27 bits per heavy atom. The van der Waals surface area contributed by atoms with Crippen LogP contribution in [0.15, 0.2) is 16.5 Å². The van der Waals surface area contributed by atoms with Gasteiger partial charge in [0.25, 0.3) is 0 Å². The molecule has 2 N–H and O–H groups in total. The Bertz CT molecular complexity index is 314. The van der Waals surface area contributed by atoms with Crippen molar-refractivity contribution >= 4 is 18.3 Å². The van der Waals surface area contributed by atoms with Crippen LogP contribution in [0.25, 0.3) is 0 Å². The van der Waals surface area contributed by atoms with Gasteiger partial charge in [0.05, 0.1) is 12.1 Å². The third kappa shape index (κ3) is 3.89. The molecule has 1 aromatic rings. The van der Waals surface area contributed by atoms with E-state index in [2.05, 4.69) is 6.92 Å². The number of unbranched alkanes of at least 4 members (excludes halogenated alkanes) is 1. The van der Waals surface area contributed by atoms with Crippen molar-refractivity contribution in [3.63, 3.8) is 0 Å². The summed E-state index contributed by atoms with van der Waals surface area (Å²) in [6.07, 6.45) is 2.84. The molecular weight excluding hydrogens is 220 g/mol. The molecule has 0 aliphatic heterocycles. The lowest BCUT2D eigenvalue weighted by Gasteiger charge is -2.05. The highest BCUT2D eigenvalue weighted by Crippen LogP contribution is 2.23. The monoisotopic (exact) mass is 234 g/mol. The average molecular weight is 235 g/mol. The third-order valence-electron chi connectivity index (χ3n) is 2.03. The molecule has 0 aromatic carbocycles. The number of nitrogens with two attached hydrogens (primary N) is 1. The minimum absolute atomic E-state index is 0. The molecule has 5 nitrogen and oxygen atoms in total. The van der Waals surface area contributed by atoms with Crippen molar-refractivity contribution in [3.05, 3.63) is 28.0 Å². The maximum atomic E-state index is 10.3. The van der Waals surface area contributed by atoms with Gasteiger partial charge in [0.1, 0.15) is 10.7 Å². The van der Waals surface area contributed by atoms with Crippen LogP contribution in [0, 0.1) is 10.1 Å². The molecule has 0 spiro atoms. The van der Waals surface area contributed by atoms with E-state index in [0.717, 1.165) is 19.3 Å². The predicted octanol–water partition coefficient (Wildman–Crippen LogP) is 2.80. The molecule has 6 heteroatoms. The van der Waals surface area contributed by atoms with Crippen LogP contribution >= 0.6 is 12.4 Å². The first-order chi connectivity index (χ1) is 6.65. The smallest absolute Gasteiger partial charge is 0.404 e. The van der Waals surface area contributed by atoms with Gasteiger partial charge in [-0.05, 0) is 12.5 Å². The largest absolute Gasteiger partial charge is 0.433 e. The lowest BCUT2D eigenvalue weighted by atomic mass is 10.1. The van der Waals surface area contributed by atoms with Gasteiger partial charge >= 0.3 is 5.88 Å². The summed E-state index contributed by atoms with van der Waals surface area (Å²) in [4.78, 5) is 9.76. The zero-order valence-electron chi connectivity index (χ0n) is 8.51. The van der Waals surface area contributed by atoms with E-state index in [1.54, 1.807) is 6.07 Å². The Kier molecular flexibility index (Phi) is 5.96. The maximum Gasteiger partial charge on any atom is 0.433 e. The fourth-order valence-corrected chi connectivity index (χ4v) is 1.21. The van der Waals surface area contributed by atoms with E-state index in [0.29, 0.717) is 5.76 Å². The summed E-state index contributed by atoms with van der Waals surface area (Å²) < 4.78 is 4.98. The van der Waals surface area contributed by atoms with E-state index in [9.17, 15) is 10.1 Å². The van der Waals surface area contributed by atoms with Gasteiger partial charge in [0, 0.05) is 0 Å². The summed E-state index contributed by atoms with van der Waals surface area (Å²) in [5.74, 6) is 0.247. The Morgan fingerprint density at radius 1 is 1.60 bits per heavy atom. The molecule has 0 aliphatic carbocycles. The standard InChI is InChI=1S/C9H14N2O3.ClH/c1-2-3-4-7(10)8-5-6-9(14-8)11(12)13;/h5-7H,2-4,10H2,1H3;1H/t7-;/m1./s1. The highest BCUT2D eigenvalue weighted by molar-refractivity contribution is 5.85. The molecule has 1 rings (SSSR count). The molecule has 15 heavy (non-hydrogen) atoms. The minimum atomic E-state index is -0.559. The summed E-state index contributed by atoms with van der Waals surface area (Å²) in [5.41, 5.74) is 5.78. The zero-order chi connectivity index (χ0) is 10.6. The second-order valence-corrected chi connectivity index (χ2v) is 3.18. The first kappa shape index (κ1) is 13.9. The average Bonchev–Trinajstić information content (AvgIpc) is 2.62. The van der Waals surface area contributed by atoms with Crippen molar-refractivity contribution in [3.8, 4) is 0 Å². The highest BCUT2D eigenvalue weighted by Gasteiger charge is 2.16. The number of hydrogen-bond donors (Lipinski definition) is 1. The van der Waals surface area contributed by atoms with E-state index >= 15 is 0 Å². The van der Waals surface area contributed by atoms with Crippen LogP contribution < -0.4 is 5.73 Å². The number of hydrogen-bond acceptors (Lipinski definition) is 4. The summed E-state index contributed by atoms with van der Waals surface area (Å²) in [7, 11) is 0. The molecule has 0 bridgehead atoms. The first-order valence-corrected chi connectivity index (χ1v) is 4.65. The van der Waals surface area contributed by atoms with Crippen molar-refractivity contribution in [2.24, 2.45) is 5.73 Å². The van der Waals surface area contributed by atoms with Gasteiger partial charge in [0.15, 0.2) is 0 Å².